The number of nitrogens with one attached hydrogen (secondary N) is 1. The van der Waals surface area contributed by atoms with Crippen LogP contribution in [-0.4, -0.2) is 37.2 Å². The van der Waals surface area contributed by atoms with Crippen molar-refractivity contribution in [2.24, 2.45) is 11.5 Å². The molecule has 1 aromatic carbocycles. The number of amides is 2. The highest BCUT2D eigenvalue weighted by atomic mass is 35.5. The fourth-order valence-electron chi connectivity index (χ4n) is 2.27. The van der Waals surface area contributed by atoms with Crippen molar-refractivity contribution in [3.63, 3.8) is 0 Å². The summed E-state index contributed by atoms with van der Waals surface area (Å²) in [6.07, 6.45) is 1.05. The second-order valence-corrected chi connectivity index (χ2v) is 5.18. The van der Waals surface area contributed by atoms with E-state index in [9.17, 15) is 9.59 Å². The van der Waals surface area contributed by atoms with E-state index in [0.717, 1.165) is 12.0 Å². The van der Waals surface area contributed by atoms with Crippen LogP contribution in [0, 0.1) is 0 Å². The summed E-state index contributed by atoms with van der Waals surface area (Å²) in [6, 6.07) is 7.12. The number of rotatable bonds is 7. The van der Waals surface area contributed by atoms with Crippen LogP contribution in [0.4, 0.5) is 0 Å². The van der Waals surface area contributed by atoms with E-state index in [1.54, 1.807) is 18.2 Å². The largest absolute Gasteiger partial charge is 0.484 e. The first kappa shape index (κ1) is 19.2. The summed E-state index contributed by atoms with van der Waals surface area (Å²) in [6.45, 7) is 0.620. The molecule has 0 aromatic heterocycles. The number of carbonyl (C=O) groups excluding carboxylic acids is 2. The third-order valence-corrected chi connectivity index (χ3v) is 3.41. The van der Waals surface area contributed by atoms with Crippen molar-refractivity contribution in [1.82, 2.24) is 5.32 Å². The van der Waals surface area contributed by atoms with E-state index >= 15 is 0 Å². The topological polar surface area (TPSA) is 117 Å². The molecule has 1 heterocycles. The van der Waals surface area contributed by atoms with Crippen LogP contribution in [0.2, 0.25) is 0 Å². The Balaban J connectivity index is 0.00000264. The molecule has 2 atom stereocenters. The molecule has 0 aliphatic carbocycles. The average Bonchev–Trinajstić information content (AvgIpc) is 3.00. The second-order valence-electron chi connectivity index (χ2n) is 5.18. The molecule has 23 heavy (non-hydrogen) atoms. The van der Waals surface area contributed by atoms with E-state index in [2.05, 4.69) is 5.32 Å². The van der Waals surface area contributed by atoms with Crippen LogP contribution in [0.25, 0.3) is 0 Å². The molecule has 1 aliphatic heterocycles. The molecule has 1 saturated heterocycles. The van der Waals surface area contributed by atoms with Gasteiger partial charge in [-0.3, -0.25) is 9.59 Å². The summed E-state index contributed by atoms with van der Waals surface area (Å²) >= 11 is 0. The number of ether oxygens (including phenoxy) is 2. The van der Waals surface area contributed by atoms with Gasteiger partial charge in [0.2, 0.25) is 5.91 Å². The van der Waals surface area contributed by atoms with Crippen LogP contribution >= 0.6 is 12.4 Å². The van der Waals surface area contributed by atoms with Gasteiger partial charge in [-0.2, -0.15) is 0 Å². The van der Waals surface area contributed by atoms with Gasteiger partial charge in [-0.05, 0) is 30.5 Å². The molecular formula is C15H22ClN3O4. The highest BCUT2D eigenvalue weighted by Crippen LogP contribution is 2.19. The van der Waals surface area contributed by atoms with Gasteiger partial charge in [0.15, 0.2) is 6.61 Å². The lowest BCUT2D eigenvalue weighted by atomic mass is 10.1. The predicted octanol–water partition coefficient (Wildman–Crippen LogP) is 0.0950. The molecule has 1 aromatic rings. The third kappa shape index (κ3) is 6.05. The van der Waals surface area contributed by atoms with Gasteiger partial charge < -0.3 is 26.3 Å². The quantitative estimate of drug-likeness (QED) is 0.649. The molecular weight excluding hydrogens is 322 g/mol. The number of primary amides is 1. The molecule has 7 nitrogen and oxygen atoms in total. The number of nitrogens with two attached hydrogens (primary N) is 2. The number of halogens is 1. The summed E-state index contributed by atoms with van der Waals surface area (Å²) in [5.41, 5.74) is 11.4. The van der Waals surface area contributed by atoms with Crippen molar-refractivity contribution >= 4 is 24.2 Å². The molecule has 2 rings (SSSR count). The minimum Gasteiger partial charge on any atom is -0.484 e. The van der Waals surface area contributed by atoms with Crippen LogP contribution in [0.3, 0.4) is 0 Å². The average molecular weight is 344 g/mol. The molecule has 2 amide bonds. The lowest BCUT2D eigenvalue weighted by Gasteiger charge is -2.13. The van der Waals surface area contributed by atoms with Gasteiger partial charge in [0, 0.05) is 13.1 Å². The maximum atomic E-state index is 12.0. The zero-order valence-electron chi connectivity index (χ0n) is 12.7. The molecule has 0 radical (unpaired) electrons. The Kier molecular flexibility index (Phi) is 7.80. The second kappa shape index (κ2) is 9.34. The fraction of sp³-hybridized carbons (Fsp3) is 0.467. The Bertz CT molecular complexity index is 541. The molecule has 0 bridgehead atoms. The highest BCUT2D eigenvalue weighted by molar-refractivity contribution is 5.85. The van der Waals surface area contributed by atoms with Crippen LogP contribution in [0.5, 0.6) is 5.75 Å². The van der Waals surface area contributed by atoms with Crippen molar-refractivity contribution < 1.29 is 19.1 Å². The maximum absolute atomic E-state index is 12.0. The molecule has 5 N–H and O–H groups in total. The molecule has 0 spiro atoms. The molecule has 0 saturated carbocycles. The van der Waals surface area contributed by atoms with Crippen molar-refractivity contribution in [3.8, 4) is 5.75 Å². The predicted molar refractivity (Wildman–Crippen MR) is 87.2 cm³/mol. The van der Waals surface area contributed by atoms with Gasteiger partial charge in [0.1, 0.15) is 11.9 Å². The summed E-state index contributed by atoms with van der Waals surface area (Å²) in [4.78, 5) is 22.7. The normalized spacial score (nSPS) is 19.7. The first-order valence-corrected chi connectivity index (χ1v) is 7.21. The van der Waals surface area contributed by atoms with Crippen molar-refractivity contribution in [2.75, 3.05) is 13.2 Å². The Hall–Kier alpha value is -1.83. The van der Waals surface area contributed by atoms with E-state index < -0.39 is 12.0 Å². The summed E-state index contributed by atoms with van der Waals surface area (Å²) in [5.74, 6) is -0.142. The maximum Gasteiger partial charge on any atom is 0.255 e. The Labute approximate surface area is 141 Å². The van der Waals surface area contributed by atoms with Gasteiger partial charge >= 0.3 is 0 Å². The summed E-state index contributed by atoms with van der Waals surface area (Å²) in [7, 11) is 0. The van der Waals surface area contributed by atoms with E-state index in [1.165, 1.54) is 0 Å². The molecule has 1 fully saturated rings. The van der Waals surface area contributed by atoms with E-state index in [0.29, 0.717) is 25.3 Å². The van der Waals surface area contributed by atoms with Gasteiger partial charge in [-0.25, -0.2) is 0 Å². The van der Waals surface area contributed by atoms with Gasteiger partial charge in [-0.15, -0.1) is 12.4 Å². The lowest BCUT2D eigenvalue weighted by Crippen LogP contribution is -2.35. The summed E-state index contributed by atoms with van der Waals surface area (Å²) < 4.78 is 10.8. The third-order valence-electron chi connectivity index (χ3n) is 3.41. The van der Waals surface area contributed by atoms with Crippen LogP contribution in [0.1, 0.15) is 18.4 Å². The minimum atomic E-state index is -0.536. The zero-order chi connectivity index (χ0) is 15.9. The molecule has 128 valence electrons. The highest BCUT2D eigenvalue weighted by Gasteiger charge is 2.29. The zero-order valence-corrected chi connectivity index (χ0v) is 13.5. The first-order valence-electron chi connectivity index (χ1n) is 7.21. The van der Waals surface area contributed by atoms with Crippen molar-refractivity contribution in [3.05, 3.63) is 29.8 Å². The van der Waals surface area contributed by atoms with Crippen LogP contribution in [-0.2, 0) is 20.9 Å². The van der Waals surface area contributed by atoms with Crippen molar-refractivity contribution in [1.29, 1.82) is 0 Å². The molecule has 8 heteroatoms. The Morgan fingerprint density at radius 2 is 2.13 bits per heavy atom. The number of benzene rings is 1. The van der Waals surface area contributed by atoms with Crippen molar-refractivity contribution in [2.45, 2.75) is 31.6 Å². The lowest BCUT2D eigenvalue weighted by molar-refractivity contribution is -0.132. The standard InChI is InChI=1S/C15H21N3O4.ClH/c16-7-12-4-5-13(22-12)15(20)18-8-10-2-1-3-11(6-10)21-9-14(17)19;/h1-3,6,12-13H,4-5,7-9,16H2,(H2,17,19)(H,18,20);1H/t12-,13+;/m1./s1. The molecule has 1 aliphatic rings. The van der Waals surface area contributed by atoms with Gasteiger partial charge in [0.05, 0.1) is 6.10 Å². The molecule has 0 unspecified atom stereocenters. The fourth-order valence-corrected chi connectivity index (χ4v) is 2.27. The Morgan fingerprint density at radius 1 is 1.35 bits per heavy atom. The van der Waals surface area contributed by atoms with Crippen LogP contribution in [0.15, 0.2) is 24.3 Å². The summed E-state index contributed by atoms with van der Waals surface area (Å²) in [5, 5.41) is 2.83. The van der Waals surface area contributed by atoms with E-state index in [-0.39, 0.29) is 31.0 Å². The van der Waals surface area contributed by atoms with E-state index in [4.69, 9.17) is 20.9 Å². The number of hydrogen-bond acceptors (Lipinski definition) is 5. The Morgan fingerprint density at radius 3 is 2.78 bits per heavy atom. The first-order chi connectivity index (χ1) is 10.6. The SMILES string of the molecule is Cl.NC[C@H]1CC[C@@H](C(=O)NCc2cccc(OCC(N)=O)c2)O1. The minimum absolute atomic E-state index is 0. The van der Waals surface area contributed by atoms with Crippen LogP contribution < -0.4 is 21.5 Å². The monoisotopic (exact) mass is 343 g/mol. The van der Waals surface area contributed by atoms with Gasteiger partial charge in [-0.1, -0.05) is 12.1 Å². The number of carbonyl (C=O) groups is 2. The number of hydrogen-bond donors (Lipinski definition) is 3. The van der Waals surface area contributed by atoms with Gasteiger partial charge in [0.25, 0.3) is 5.91 Å². The smallest absolute Gasteiger partial charge is 0.255 e. The van der Waals surface area contributed by atoms with E-state index in [1.807, 2.05) is 6.07 Å².